The molecule has 2 aromatic rings. The van der Waals surface area contributed by atoms with Crippen molar-refractivity contribution in [1.82, 2.24) is 14.5 Å². The lowest BCUT2D eigenvalue weighted by molar-refractivity contribution is 0.0570. The molecule has 2 unspecified atom stereocenters. The topological polar surface area (TPSA) is 39.9 Å². The van der Waals surface area contributed by atoms with Crippen LogP contribution in [-0.2, 0) is 4.74 Å². The third-order valence-corrected chi connectivity index (χ3v) is 5.26. The van der Waals surface area contributed by atoms with Crippen LogP contribution in [-0.4, -0.2) is 26.9 Å². The van der Waals surface area contributed by atoms with Crippen molar-refractivity contribution >= 4 is 22.9 Å². The van der Waals surface area contributed by atoms with E-state index >= 15 is 0 Å². The van der Waals surface area contributed by atoms with E-state index in [0.29, 0.717) is 5.25 Å². The Morgan fingerprint density at radius 3 is 3.11 bits per heavy atom. The number of aromatic nitrogens is 3. The first kappa shape index (κ1) is 11.7. The Labute approximate surface area is 116 Å². The Hall–Kier alpha value is -1.07. The maximum atomic E-state index is 5.88. The van der Waals surface area contributed by atoms with E-state index in [1.165, 1.54) is 24.4 Å². The average Bonchev–Trinajstić information content (AvgIpc) is 3.17. The number of hydrogen-bond donors (Lipinski definition) is 0. The van der Waals surface area contributed by atoms with Crippen LogP contribution in [0.1, 0.15) is 43.0 Å². The highest BCUT2D eigenvalue weighted by Crippen LogP contribution is 2.42. The van der Waals surface area contributed by atoms with Gasteiger partial charge in [0, 0.05) is 12.8 Å². The van der Waals surface area contributed by atoms with Crippen LogP contribution in [0.3, 0.4) is 0 Å². The van der Waals surface area contributed by atoms with Gasteiger partial charge in [-0.05, 0) is 43.6 Å². The summed E-state index contributed by atoms with van der Waals surface area (Å²) in [4.78, 5) is 9.37. The molecule has 2 fully saturated rings. The molecule has 2 aliphatic heterocycles. The minimum atomic E-state index is 0.135. The van der Waals surface area contributed by atoms with Gasteiger partial charge in [-0.1, -0.05) is 0 Å². The number of thioether (sulfide) groups is 1. The van der Waals surface area contributed by atoms with Crippen LogP contribution in [0.15, 0.2) is 18.3 Å². The first-order valence-corrected chi connectivity index (χ1v) is 8.04. The molecule has 5 heteroatoms. The summed E-state index contributed by atoms with van der Waals surface area (Å²) in [5.41, 5.74) is 1.98. The second-order valence-electron chi connectivity index (χ2n) is 5.16. The summed E-state index contributed by atoms with van der Waals surface area (Å²) in [5, 5.41) is 0.512. The zero-order valence-electron chi connectivity index (χ0n) is 10.8. The molecule has 4 rings (SSSR count). The fourth-order valence-corrected chi connectivity index (χ4v) is 4.27. The van der Waals surface area contributed by atoms with Gasteiger partial charge in [0.05, 0.1) is 5.25 Å². The number of hydrogen-bond acceptors (Lipinski definition) is 4. The van der Waals surface area contributed by atoms with Crippen LogP contribution in [0, 0.1) is 0 Å². The van der Waals surface area contributed by atoms with Crippen molar-refractivity contribution in [1.29, 1.82) is 0 Å². The molecule has 4 nitrogen and oxygen atoms in total. The third kappa shape index (κ3) is 1.96. The van der Waals surface area contributed by atoms with Gasteiger partial charge < -0.3 is 4.74 Å². The molecule has 2 aliphatic rings. The van der Waals surface area contributed by atoms with Gasteiger partial charge in [0.1, 0.15) is 17.6 Å². The van der Waals surface area contributed by atoms with Crippen LogP contribution in [0.2, 0.25) is 0 Å². The van der Waals surface area contributed by atoms with Crippen molar-refractivity contribution in [2.24, 2.45) is 0 Å². The maximum Gasteiger partial charge on any atom is 0.162 e. The standard InChI is InChI=1S/C14H17N3OS/c1-4-10-13(15-7-1)17(12-6-2-8-18-12)14(16-10)11-5-3-9-19-11/h1,4,7,11-12H,2-3,5-6,8-9H2. The normalized spacial score (nSPS) is 27.4. The Kier molecular flexibility index (Phi) is 2.96. The predicted molar refractivity (Wildman–Crippen MR) is 76.2 cm³/mol. The van der Waals surface area contributed by atoms with E-state index in [4.69, 9.17) is 9.72 Å². The molecule has 0 saturated carbocycles. The van der Waals surface area contributed by atoms with E-state index in [-0.39, 0.29) is 6.23 Å². The smallest absolute Gasteiger partial charge is 0.162 e. The molecule has 0 aliphatic carbocycles. The lowest BCUT2D eigenvalue weighted by Crippen LogP contribution is -2.13. The highest BCUT2D eigenvalue weighted by molar-refractivity contribution is 7.99. The van der Waals surface area contributed by atoms with Gasteiger partial charge in [0.15, 0.2) is 5.65 Å². The van der Waals surface area contributed by atoms with Crippen molar-refractivity contribution in [3.05, 3.63) is 24.2 Å². The summed E-state index contributed by atoms with van der Waals surface area (Å²) in [6.45, 7) is 0.856. The van der Waals surface area contributed by atoms with E-state index in [1.807, 2.05) is 24.0 Å². The molecule has 0 spiro atoms. The van der Waals surface area contributed by atoms with Crippen LogP contribution >= 0.6 is 11.8 Å². The van der Waals surface area contributed by atoms with Gasteiger partial charge in [0.2, 0.25) is 0 Å². The van der Waals surface area contributed by atoms with E-state index in [1.54, 1.807) is 0 Å². The molecule has 19 heavy (non-hydrogen) atoms. The molecule has 2 atom stereocenters. The van der Waals surface area contributed by atoms with E-state index in [9.17, 15) is 0 Å². The molecule has 2 saturated heterocycles. The van der Waals surface area contributed by atoms with Gasteiger partial charge in [0.25, 0.3) is 0 Å². The quantitative estimate of drug-likeness (QED) is 0.843. The Bertz CT molecular complexity index is 585. The van der Waals surface area contributed by atoms with Gasteiger partial charge in [-0.2, -0.15) is 11.8 Å². The SMILES string of the molecule is c1cnc2c(c1)nc(C1CCCS1)n2C1CCCO1. The molecule has 0 amide bonds. The summed E-state index contributed by atoms with van der Waals surface area (Å²) in [6.07, 6.45) is 6.70. The van der Waals surface area contributed by atoms with Crippen LogP contribution < -0.4 is 0 Å². The minimum Gasteiger partial charge on any atom is -0.358 e. The average molecular weight is 275 g/mol. The van der Waals surface area contributed by atoms with Crippen molar-refractivity contribution in [2.45, 2.75) is 37.2 Å². The summed E-state index contributed by atoms with van der Waals surface area (Å²) in [6, 6.07) is 4.01. The van der Waals surface area contributed by atoms with Crippen LogP contribution in [0.4, 0.5) is 0 Å². The first-order valence-electron chi connectivity index (χ1n) is 6.99. The third-order valence-electron chi connectivity index (χ3n) is 3.89. The number of imidazole rings is 1. The monoisotopic (exact) mass is 275 g/mol. The van der Waals surface area contributed by atoms with E-state index in [0.717, 1.165) is 30.6 Å². The molecule has 0 N–H and O–H groups in total. The maximum absolute atomic E-state index is 5.88. The minimum absolute atomic E-state index is 0.135. The highest BCUT2D eigenvalue weighted by atomic mass is 32.2. The number of pyridine rings is 1. The lowest BCUT2D eigenvalue weighted by Gasteiger charge is -2.18. The summed E-state index contributed by atoms with van der Waals surface area (Å²) >= 11 is 2.02. The predicted octanol–water partition coefficient (Wildman–Crippen LogP) is 3.31. The molecular formula is C14H17N3OS. The Balaban J connectivity index is 1.87. The first-order chi connectivity index (χ1) is 9.43. The van der Waals surface area contributed by atoms with E-state index < -0.39 is 0 Å². The largest absolute Gasteiger partial charge is 0.358 e. The summed E-state index contributed by atoms with van der Waals surface area (Å²) in [7, 11) is 0. The molecule has 2 aromatic heterocycles. The molecule has 100 valence electrons. The second kappa shape index (κ2) is 4.80. The zero-order valence-corrected chi connectivity index (χ0v) is 11.6. The fraction of sp³-hybridized carbons (Fsp3) is 0.571. The van der Waals surface area contributed by atoms with Gasteiger partial charge in [-0.3, -0.25) is 4.57 Å². The lowest BCUT2D eigenvalue weighted by atomic mass is 10.2. The van der Waals surface area contributed by atoms with Gasteiger partial charge in [-0.15, -0.1) is 0 Å². The molecule has 0 bridgehead atoms. The van der Waals surface area contributed by atoms with E-state index in [2.05, 4.69) is 15.6 Å². The second-order valence-corrected chi connectivity index (χ2v) is 6.47. The molecular weight excluding hydrogens is 258 g/mol. The zero-order chi connectivity index (χ0) is 12.7. The van der Waals surface area contributed by atoms with Crippen molar-refractivity contribution < 1.29 is 4.74 Å². The van der Waals surface area contributed by atoms with Crippen molar-refractivity contribution in [3.63, 3.8) is 0 Å². The van der Waals surface area contributed by atoms with Gasteiger partial charge >= 0.3 is 0 Å². The number of fused-ring (bicyclic) bond motifs is 1. The van der Waals surface area contributed by atoms with Crippen LogP contribution in [0.25, 0.3) is 11.2 Å². The molecule has 4 heterocycles. The summed E-state index contributed by atoms with van der Waals surface area (Å²) < 4.78 is 8.13. The van der Waals surface area contributed by atoms with Crippen molar-refractivity contribution in [3.8, 4) is 0 Å². The van der Waals surface area contributed by atoms with Crippen molar-refractivity contribution in [2.75, 3.05) is 12.4 Å². The van der Waals surface area contributed by atoms with Crippen LogP contribution in [0.5, 0.6) is 0 Å². The number of rotatable bonds is 2. The summed E-state index contributed by atoms with van der Waals surface area (Å²) in [5.74, 6) is 2.41. The Morgan fingerprint density at radius 2 is 2.32 bits per heavy atom. The Morgan fingerprint density at radius 1 is 1.32 bits per heavy atom. The number of nitrogens with zero attached hydrogens (tertiary/aromatic N) is 3. The number of ether oxygens (including phenoxy) is 1. The molecule has 0 aromatic carbocycles. The fourth-order valence-electron chi connectivity index (χ4n) is 3.00. The van der Waals surface area contributed by atoms with Gasteiger partial charge in [-0.25, -0.2) is 9.97 Å². The highest BCUT2D eigenvalue weighted by Gasteiger charge is 2.29. The molecule has 0 radical (unpaired) electrons.